The fourth-order valence-electron chi connectivity index (χ4n) is 2.98. The van der Waals surface area contributed by atoms with Crippen LogP contribution in [0.2, 0.25) is 0 Å². The Kier molecular flexibility index (Phi) is 5.49. The minimum atomic E-state index is -0.489. The van der Waals surface area contributed by atoms with Crippen LogP contribution < -0.4 is 10.2 Å². The van der Waals surface area contributed by atoms with Crippen molar-refractivity contribution >= 4 is 39.8 Å². The lowest BCUT2D eigenvalue weighted by molar-refractivity contribution is -0.383. The highest BCUT2D eigenvalue weighted by molar-refractivity contribution is 7.15. The van der Waals surface area contributed by atoms with Crippen molar-refractivity contribution in [3.05, 3.63) is 27.0 Å². The monoisotopic (exact) mass is 392 g/mol. The van der Waals surface area contributed by atoms with Gasteiger partial charge in [0.05, 0.1) is 23.6 Å². The van der Waals surface area contributed by atoms with Crippen LogP contribution in [0.25, 0.3) is 0 Å². The van der Waals surface area contributed by atoms with E-state index >= 15 is 0 Å². The highest BCUT2D eigenvalue weighted by Crippen LogP contribution is 2.36. The predicted molar refractivity (Wildman–Crippen MR) is 101 cm³/mol. The maximum atomic E-state index is 11.7. The van der Waals surface area contributed by atoms with Gasteiger partial charge in [-0.2, -0.15) is 0 Å². The highest BCUT2D eigenvalue weighted by atomic mass is 32.1. The summed E-state index contributed by atoms with van der Waals surface area (Å²) in [5, 5.41) is 15.2. The van der Waals surface area contributed by atoms with E-state index in [1.165, 1.54) is 24.8 Å². The number of aryl methyl sites for hydroxylation is 2. The van der Waals surface area contributed by atoms with Crippen LogP contribution in [0.3, 0.4) is 0 Å². The normalized spacial score (nSPS) is 14.9. The zero-order valence-electron chi connectivity index (χ0n) is 15.3. The maximum Gasteiger partial charge on any atom is 0.353 e. The summed E-state index contributed by atoms with van der Waals surface area (Å²) in [6.07, 6.45) is 2.41. The Morgan fingerprint density at radius 3 is 2.63 bits per heavy atom. The van der Waals surface area contributed by atoms with Crippen LogP contribution in [0.5, 0.6) is 0 Å². The molecule has 0 atom stereocenters. The summed E-state index contributed by atoms with van der Waals surface area (Å²) in [6.45, 7) is 4.77. The Hall–Kier alpha value is -2.82. The number of nitrogens with zero attached hydrogens (tertiary/aromatic N) is 5. The summed E-state index contributed by atoms with van der Waals surface area (Å²) in [6, 6.07) is 0. The fraction of sp³-hybridized carbons (Fsp3) is 0.500. The van der Waals surface area contributed by atoms with Gasteiger partial charge in [-0.15, -0.1) is 11.3 Å². The van der Waals surface area contributed by atoms with Crippen molar-refractivity contribution in [2.24, 2.45) is 5.92 Å². The van der Waals surface area contributed by atoms with Gasteiger partial charge < -0.3 is 15.0 Å². The molecule has 0 spiro atoms. The molecular formula is C16H20N6O4S. The van der Waals surface area contributed by atoms with Crippen LogP contribution >= 0.6 is 11.3 Å². The number of carbonyl (C=O) groups is 1. The van der Waals surface area contributed by atoms with Gasteiger partial charge >= 0.3 is 11.7 Å². The quantitative estimate of drug-likeness (QED) is 0.464. The van der Waals surface area contributed by atoms with E-state index in [2.05, 4.69) is 20.3 Å². The zero-order chi connectivity index (χ0) is 19.6. The summed E-state index contributed by atoms with van der Waals surface area (Å²) >= 11 is 1.41. The summed E-state index contributed by atoms with van der Waals surface area (Å²) < 4.78 is 4.78. The molecule has 2 aromatic rings. The van der Waals surface area contributed by atoms with Crippen molar-refractivity contribution in [2.75, 3.05) is 30.4 Å². The molecule has 144 valence electrons. The van der Waals surface area contributed by atoms with Gasteiger partial charge in [0, 0.05) is 18.0 Å². The molecule has 0 radical (unpaired) electrons. The van der Waals surface area contributed by atoms with Crippen molar-refractivity contribution in [2.45, 2.75) is 26.7 Å². The number of rotatable bonds is 5. The van der Waals surface area contributed by atoms with E-state index in [0.717, 1.165) is 10.6 Å². The van der Waals surface area contributed by atoms with E-state index in [0.29, 0.717) is 31.1 Å². The van der Waals surface area contributed by atoms with Crippen LogP contribution in [0.4, 0.5) is 22.5 Å². The molecule has 0 saturated carbocycles. The topological polar surface area (TPSA) is 123 Å². The predicted octanol–water partition coefficient (Wildman–Crippen LogP) is 2.59. The van der Waals surface area contributed by atoms with E-state index in [1.807, 2.05) is 18.7 Å². The molecule has 0 aliphatic carbocycles. The fourth-order valence-corrected chi connectivity index (χ4v) is 3.80. The Labute approximate surface area is 159 Å². The number of piperidine rings is 1. The molecule has 11 heteroatoms. The number of aromatic nitrogens is 3. The largest absolute Gasteiger partial charge is 0.469 e. The molecule has 1 N–H and O–H groups in total. The molecule has 2 aromatic heterocycles. The third kappa shape index (κ3) is 3.97. The molecule has 1 saturated heterocycles. The van der Waals surface area contributed by atoms with Crippen LogP contribution in [0.1, 0.15) is 23.4 Å². The van der Waals surface area contributed by atoms with Gasteiger partial charge in [-0.1, -0.05) is 0 Å². The summed E-state index contributed by atoms with van der Waals surface area (Å²) in [7, 11) is 1.37. The van der Waals surface area contributed by atoms with E-state index in [9.17, 15) is 14.9 Å². The van der Waals surface area contributed by atoms with Crippen LogP contribution in [-0.2, 0) is 9.53 Å². The van der Waals surface area contributed by atoms with E-state index in [1.54, 1.807) is 0 Å². The lowest BCUT2D eigenvalue weighted by Crippen LogP contribution is -2.37. The van der Waals surface area contributed by atoms with Gasteiger partial charge in [0.25, 0.3) is 0 Å². The van der Waals surface area contributed by atoms with Crippen LogP contribution in [-0.4, -0.2) is 46.0 Å². The molecular weight excluding hydrogens is 372 g/mol. The van der Waals surface area contributed by atoms with Crippen molar-refractivity contribution in [3.8, 4) is 0 Å². The minimum Gasteiger partial charge on any atom is -0.469 e. The maximum absolute atomic E-state index is 11.7. The van der Waals surface area contributed by atoms with Gasteiger partial charge in [0.2, 0.25) is 11.6 Å². The summed E-state index contributed by atoms with van der Waals surface area (Å²) in [5.41, 5.74) is 0.670. The van der Waals surface area contributed by atoms with Crippen molar-refractivity contribution < 1.29 is 14.5 Å². The van der Waals surface area contributed by atoms with E-state index in [4.69, 9.17) is 4.74 Å². The molecule has 0 aromatic carbocycles. The van der Waals surface area contributed by atoms with Gasteiger partial charge in [-0.05, 0) is 26.7 Å². The second kappa shape index (κ2) is 7.82. The number of anilines is 3. The van der Waals surface area contributed by atoms with Gasteiger partial charge in [0.1, 0.15) is 6.33 Å². The molecule has 1 aliphatic rings. The third-order valence-electron chi connectivity index (χ3n) is 4.57. The Bertz CT molecular complexity index is 843. The minimum absolute atomic E-state index is 0.105. The Balaban J connectivity index is 1.86. The SMILES string of the molecule is COC(=O)C1CCN(c2ncnc(Nc3nc(C)c(C)s3)c2[N+](=O)[O-])CC1. The Morgan fingerprint density at radius 2 is 2.07 bits per heavy atom. The number of methoxy groups -OCH3 is 1. The number of carbonyl (C=O) groups excluding carboxylic acids is 1. The average Bonchev–Trinajstić information content (AvgIpc) is 2.98. The van der Waals surface area contributed by atoms with E-state index in [-0.39, 0.29) is 29.2 Å². The van der Waals surface area contributed by atoms with Crippen LogP contribution in [0.15, 0.2) is 6.33 Å². The van der Waals surface area contributed by atoms with Gasteiger partial charge in [0.15, 0.2) is 5.13 Å². The summed E-state index contributed by atoms with van der Waals surface area (Å²) in [5.74, 6) is -0.0885. The number of hydrogen-bond donors (Lipinski definition) is 1. The summed E-state index contributed by atoms with van der Waals surface area (Å²) in [4.78, 5) is 38.3. The third-order valence-corrected chi connectivity index (χ3v) is 5.56. The highest BCUT2D eigenvalue weighted by Gasteiger charge is 2.32. The number of thiazole rings is 1. The average molecular weight is 392 g/mol. The van der Waals surface area contributed by atoms with Crippen LogP contribution in [0, 0.1) is 29.9 Å². The smallest absolute Gasteiger partial charge is 0.353 e. The molecule has 3 heterocycles. The van der Waals surface area contributed by atoms with Gasteiger partial charge in [-0.3, -0.25) is 14.9 Å². The lowest BCUT2D eigenvalue weighted by Gasteiger charge is -2.31. The van der Waals surface area contributed by atoms with Crippen molar-refractivity contribution in [1.82, 2.24) is 15.0 Å². The molecule has 0 amide bonds. The van der Waals surface area contributed by atoms with Crippen molar-refractivity contribution in [3.63, 3.8) is 0 Å². The Morgan fingerprint density at radius 1 is 1.37 bits per heavy atom. The first-order chi connectivity index (χ1) is 12.9. The number of nitro groups is 1. The molecule has 27 heavy (non-hydrogen) atoms. The number of nitrogens with one attached hydrogen (secondary N) is 1. The molecule has 3 rings (SSSR count). The standard InChI is InChI=1S/C16H20N6O4S/c1-9-10(2)27-16(19-9)20-13-12(22(24)25)14(18-8-17-13)21-6-4-11(5-7-21)15(23)26-3/h8,11H,4-7H2,1-3H3,(H,17,18,19,20). The second-order valence-electron chi connectivity index (χ2n) is 6.22. The van der Waals surface area contributed by atoms with E-state index < -0.39 is 4.92 Å². The number of hydrogen-bond acceptors (Lipinski definition) is 10. The molecule has 0 unspecified atom stereocenters. The first kappa shape index (κ1) is 19.0. The zero-order valence-corrected chi connectivity index (χ0v) is 16.1. The molecule has 10 nitrogen and oxygen atoms in total. The molecule has 1 fully saturated rings. The van der Waals surface area contributed by atoms with Crippen molar-refractivity contribution in [1.29, 1.82) is 0 Å². The molecule has 1 aliphatic heterocycles. The lowest BCUT2D eigenvalue weighted by atomic mass is 9.97. The van der Waals surface area contributed by atoms with Gasteiger partial charge in [-0.25, -0.2) is 15.0 Å². The molecule has 0 bridgehead atoms. The number of ether oxygens (including phenoxy) is 1. The first-order valence-electron chi connectivity index (χ1n) is 8.44. The first-order valence-corrected chi connectivity index (χ1v) is 9.25. The second-order valence-corrected chi connectivity index (χ2v) is 7.42. The number of esters is 1.